The summed E-state index contributed by atoms with van der Waals surface area (Å²) in [6, 6.07) is 10.3. The van der Waals surface area contributed by atoms with Crippen LogP contribution in [0.25, 0.3) is 0 Å². The predicted octanol–water partition coefficient (Wildman–Crippen LogP) is 3.25. The number of ether oxygens (including phenoxy) is 2. The zero-order valence-corrected chi connectivity index (χ0v) is 12.2. The molecule has 1 N–H and O–H groups in total. The maximum atomic E-state index is 5.68. The van der Waals surface area contributed by atoms with Crippen LogP contribution in [0.1, 0.15) is 33.1 Å². The SMILES string of the molecule is CCCNC(CCC)COCCOc1ccccc1. The second-order valence-electron chi connectivity index (χ2n) is 4.68. The maximum Gasteiger partial charge on any atom is 0.119 e. The molecule has 0 aliphatic heterocycles. The lowest BCUT2D eigenvalue weighted by atomic mass is 10.2. The lowest BCUT2D eigenvalue weighted by molar-refractivity contribution is 0.0815. The van der Waals surface area contributed by atoms with Gasteiger partial charge in [0.05, 0.1) is 13.2 Å². The van der Waals surface area contributed by atoms with Crippen molar-refractivity contribution in [3.05, 3.63) is 30.3 Å². The molecule has 3 heteroatoms. The minimum absolute atomic E-state index is 0.474. The fraction of sp³-hybridized carbons (Fsp3) is 0.625. The minimum atomic E-state index is 0.474. The third-order valence-corrected chi connectivity index (χ3v) is 2.88. The third-order valence-electron chi connectivity index (χ3n) is 2.88. The molecule has 1 unspecified atom stereocenters. The van der Waals surface area contributed by atoms with Crippen molar-refractivity contribution < 1.29 is 9.47 Å². The zero-order chi connectivity index (χ0) is 13.8. The van der Waals surface area contributed by atoms with Gasteiger partial charge < -0.3 is 14.8 Å². The Bertz CT molecular complexity index is 303. The van der Waals surface area contributed by atoms with Gasteiger partial charge in [0.2, 0.25) is 0 Å². The highest BCUT2D eigenvalue weighted by Gasteiger charge is 2.06. The van der Waals surface area contributed by atoms with E-state index < -0.39 is 0 Å². The van der Waals surface area contributed by atoms with Crippen LogP contribution in [0.5, 0.6) is 5.75 Å². The summed E-state index contributed by atoms with van der Waals surface area (Å²) in [5.74, 6) is 0.903. The average molecular weight is 265 g/mol. The molecule has 0 radical (unpaired) electrons. The van der Waals surface area contributed by atoms with Crippen LogP contribution in [0.4, 0.5) is 0 Å². The Labute approximate surface area is 117 Å². The van der Waals surface area contributed by atoms with Gasteiger partial charge in [-0.25, -0.2) is 0 Å². The molecule has 0 spiro atoms. The van der Waals surface area contributed by atoms with E-state index in [1.807, 2.05) is 30.3 Å². The van der Waals surface area contributed by atoms with Gasteiger partial charge in [-0.05, 0) is 31.5 Å². The third kappa shape index (κ3) is 7.85. The summed E-state index contributed by atoms with van der Waals surface area (Å²) < 4.78 is 11.3. The van der Waals surface area contributed by atoms with Gasteiger partial charge in [-0.2, -0.15) is 0 Å². The van der Waals surface area contributed by atoms with E-state index in [0.717, 1.165) is 25.3 Å². The fourth-order valence-electron chi connectivity index (χ4n) is 1.90. The van der Waals surface area contributed by atoms with Gasteiger partial charge in [0.25, 0.3) is 0 Å². The van der Waals surface area contributed by atoms with Crippen LogP contribution in [0.15, 0.2) is 30.3 Å². The van der Waals surface area contributed by atoms with E-state index in [1.165, 1.54) is 12.8 Å². The molecule has 0 amide bonds. The molecule has 0 aliphatic rings. The van der Waals surface area contributed by atoms with E-state index in [2.05, 4.69) is 19.2 Å². The zero-order valence-electron chi connectivity index (χ0n) is 12.2. The van der Waals surface area contributed by atoms with Gasteiger partial charge in [0, 0.05) is 6.04 Å². The summed E-state index contributed by atoms with van der Waals surface area (Å²) >= 11 is 0. The van der Waals surface area contributed by atoms with Crippen molar-refractivity contribution in [3.8, 4) is 5.75 Å². The van der Waals surface area contributed by atoms with Crippen LogP contribution < -0.4 is 10.1 Å². The molecule has 0 bridgehead atoms. The van der Waals surface area contributed by atoms with E-state index in [1.54, 1.807) is 0 Å². The normalized spacial score (nSPS) is 12.3. The number of nitrogens with one attached hydrogen (secondary N) is 1. The van der Waals surface area contributed by atoms with Crippen LogP contribution in [0.3, 0.4) is 0 Å². The first-order valence-corrected chi connectivity index (χ1v) is 7.35. The Morgan fingerprint density at radius 1 is 1.05 bits per heavy atom. The van der Waals surface area contributed by atoms with Gasteiger partial charge in [0.15, 0.2) is 0 Å². The fourth-order valence-corrected chi connectivity index (χ4v) is 1.90. The van der Waals surface area contributed by atoms with Crippen molar-refractivity contribution in [1.82, 2.24) is 5.32 Å². The average Bonchev–Trinajstić information content (AvgIpc) is 2.45. The number of hydrogen-bond acceptors (Lipinski definition) is 3. The molecule has 0 saturated heterocycles. The number of benzene rings is 1. The molecule has 1 rings (SSSR count). The molecule has 0 aliphatic carbocycles. The first-order chi connectivity index (χ1) is 9.36. The second kappa shape index (κ2) is 10.8. The smallest absolute Gasteiger partial charge is 0.119 e. The highest BCUT2D eigenvalue weighted by molar-refractivity contribution is 5.20. The summed E-state index contributed by atoms with van der Waals surface area (Å²) in [5.41, 5.74) is 0. The van der Waals surface area contributed by atoms with Gasteiger partial charge in [-0.15, -0.1) is 0 Å². The molecular formula is C16H27NO2. The summed E-state index contributed by atoms with van der Waals surface area (Å²) in [4.78, 5) is 0. The van der Waals surface area contributed by atoms with Gasteiger partial charge in [0.1, 0.15) is 12.4 Å². The molecule has 108 valence electrons. The molecule has 1 aromatic carbocycles. The Kier molecular flexibility index (Phi) is 9.11. The Balaban J connectivity index is 2.07. The number of rotatable bonds is 11. The van der Waals surface area contributed by atoms with E-state index in [9.17, 15) is 0 Å². The van der Waals surface area contributed by atoms with E-state index in [4.69, 9.17) is 9.47 Å². The molecule has 3 nitrogen and oxygen atoms in total. The topological polar surface area (TPSA) is 30.5 Å². The molecular weight excluding hydrogens is 238 g/mol. The summed E-state index contributed by atoms with van der Waals surface area (Å²) in [7, 11) is 0. The first-order valence-electron chi connectivity index (χ1n) is 7.35. The number of hydrogen-bond donors (Lipinski definition) is 1. The van der Waals surface area contributed by atoms with Crippen molar-refractivity contribution >= 4 is 0 Å². The van der Waals surface area contributed by atoms with Crippen LogP contribution >= 0.6 is 0 Å². The lowest BCUT2D eigenvalue weighted by Gasteiger charge is -2.17. The van der Waals surface area contributed by atoms with Crippen molar-refractivity contribution in [2.75, 3.05) is 26.4 Å². The Morgan fingerprint density at radius 3 is 2.53 bits per heavy atom. The van der Waals surface area contributed by atoms with Crippen LogP contribution in [0.2, 0.25) is 0 Å². The quantitative estimate of drug-likeness (QED) is 0.623. The van der Waals surface area contributed by atoms with Gasteiger partial charge >= 0.3 is 0 Å². The number of para-hydroxylation sites is 1. The van der Waals surface area contributed by atoms with Gasteiger partial charge in [-0.3, -0.25) is 0 Å². The predicted molar refractivity (Wildman–Crippen MR) is 79.7 cm³/mol. The summed E-state index contributed by atoms with van der Waals surface area (Å²) in [6.07, 6.45) is 3.52. The summed E-state index contributed by atoms with van der Waals surface area (Å²) in [6.45, 7) is 7.48. The Hall–Kier alpha value is -1.06. The monoisotopic (exact) mass is 265 g/mol. The molecule has 0 saturated carbocycles. The molecule has 1 atom stereocenters. The van der Waals surface area contributed by atoms with Crippen LogP contribution in [-0.2, 0) is 4.74 Å². The lowest BCUT2D eigenvalue weighted by Crippen LogP contribution is -2.34. The first kappa shape index (κ1) is 16.0. The van der Waals surface area contributed by atoms with Crippen molar-refractivity contribution in [1.29, 1.82) is 0 Å². The van der Waals surface area contributed by atoms with E-state index >= 15 is 0 Å². The molecule has 0 aromatic heterocycles. The second-order valence-corrected chi connectivity index (χ2v) is 4.68. The summed E-state index contributed by atoms with van der Waals surface area (Å²) in [5, 5.41) is 3.51. The molecule has 0 heterocycles. The standard InChI is InChI=1S/C16H27NO2/c1-3-8-15(17-11-4-2)14-18-12-13-19-16-9-6-5-7-10-16/h5-7,9-10,15,17H,3-4,8,11-14H2,1-2H3. The van der Waals surface area contributed by atoms with E-state index in [0.29, 0.717) is 19.3 Å². The van der Waals surface area contributed by atoms with Crippen LogP contribution in [-0.4, -0.2) is 32.4 Å². The molecule has 0 fully saturated rings. The van der Waals surface area contributed by atoms with Gasteiger partial charge in [-0.1, -0.05) is 38.5 Å². The highest BCUT2D eigenvalue weighted by Crippen LogP contribution is 2.07. The highest BCUT2D eigenvalue weighted by atomic mass is 16.5. The maximum absolute atomic E-state index is 5.68. The molecule has 19 heavy (non-hydrogen) atoms. The van der Waals surface area contributed by atoms with Crippen LogP contribution in [0, 0.1) is 0 Å². The largest absolute Gasteiger partial charge is 0.491 e. The Morgan fingerprint density at radius 2 is 1.84 bits per heavy atom. The molecule has 1 aromatic rings. The minimum Gasteiger partial charge on any atom is -0.491 e. The van der Waals surface area contributed by atoms with Crippen molar-refractivity contribution in [3.63, 3.8) is 0 Å². The van der Waals surface area contributed by atoms with Crippen molar-refractivity contribution in [2.45, 2.75) is 39.2 Å². The van der Waals surface area contributed by atoms with E-state index in [-0.39, 0.29) is 0 Å². The van der Waals surface area contributed by atoms with Crippen molar-refractivity contribution in [2.24, 2.45) is 0 Å².